The Balaban J connectivity index is 2.38. The Labute approximate surface area is 136 Å². The lowest BCUT2D eigenvalue weighted by molar-refractivity contribution is -0.138. The largest absolute Gasteiger partial charge is 0.484 e. The highest BCUT2D eigenvalue weighted by atomic mass is 79.9. The molecule has 0 aliphatic rings. The highest BCUT2D eigenvalue weighted by Crippen LogP contribution is 2.15. The van der Waals surface area contributed by atoms with Gasteiger partial charge >= 0.3 is 5.97 Å². The number of rotatable bonds is 7. The van der Waals surface area contributed by atoms with Crippen LogP contribution in [-0.4, -0.2) is 25.1 Å². The molecule has 0 aliphatic heterocycles. The van der Waals surface area contributed by atoms with Crippen molar-refractivity contribution in [2.75, 3.05) is 13.2 Å². The molecular formula is C14H14BrN3O4. The monoisotopic (exact) mass is 367 g/mol. The van der Waals surface area contributed by atoms with Gasteiger partial charge in [0, 0.05) is 10.7 Å². The number of carbonyl (C=O) groups excluding carboxylic acids is 2. The zero-order chi connectivity index (χ0) is 16.4. The Bertz CT molecular complexity index is 593. The standard InChI is InChI=1S/C14H14BrN3O4/c1-2-21-14(20)10(7-16)8-17-18-13(19)9-22-12-5-3-11(15)4-6-12/h3-6,8,17H,2,9H2,1H3,(H,18,19)/b10-8+. The van der Waals surface area contributed by atoms with Gasteiger partial charge < -0.3 is 14.9 Å². The highest BCUT2D eigenvalue weighted by Gasteiger charge is 2.09. The number of ether oxygens (including phenoxy) is 2. The number of carbonyl (C=O) groups is 2. The molecule has 22 heavy (non-hydrogen) atoms. The van der Waals surface area contributed by atoms with Crippen molar-refractivity contribution in [3.05, 3.63) is 40.5 Å². The molecule has 0 saturated carbocycles. The maximum Gasteiger partial charge on any atom is 0.350 e. The fourth-order valence-electron chi connectivity index (χ4n) is 1.25. The molecule has 0 aromatic heterocycles. The Morgan fingerprint density at radius 1 is 1.36 bits per heavy atom. The summed E-state index contributed by atoms with van der Waals surface area (Å²) in [5, 5.41) is 8.76. The van der Waals surface area contributed by atoms with Crippen molar-refractivity contribution < 1.29 is 19.1 Å². The van der Waals surface area contributed by atoms with Crippen LogP contribution in [0, 0.1) is 11.3 Å². The second kappa shape index (κ2) is 9.41. The van der Waals surface area contributed by atoms with Gasteiger partial charge in [-0.3, -0.25) is 10.2 Å². The van der Waals surface area contributed by atoms with Crippen LogP contribution >= 0.6 is 15.9 Å². The van der Waals surface area contributed by atoms with E-state index < -0.39 is 11.9 Å². The molecule has 1 aromatic carbocycles. The normalized spacial score (nSPS) is 10.3. The minimum absolute atomic E-state index is 0.158. The van der Waals surface area contributed by atoms with Gasteiger partial charge in [-0.1, -0.05) is 15.9 Å². The van der Waals surface area contributed by atoms with Crippen molar-refractivity contribution in [1.82, 2.24) is 10.9 Å². The second-order valence-electron chi connectivity index (χ2n) is 3.83. The summed E-state index contributed by atoms with van der Waals surface area (Å²) in [4.78, 5) is 22.8. The minimum atomic E-state index is -0.766. The SMILES string of the molecule is CCOC(=O)/C(C#N)=C/NNC(=O)COc1ccc(Br)cc1. The molecule has 8 heteroatoms. The van der Waals surface area contributed by atoms with E-state index in [-0.39, 0.29) is 18.8 Å². The summed E-state index contributed by atoms with van der Waals surface area (Å²) in [6, 6.07) is 8.64. The van der Waals surface area contributed by atoms with Crippen LogP contribution < -0.4 is 15.6 Å². The molecule has 116 valence electrons. The van der Waals surface area contributed by atoms with Gasteiger partial charge in [-0.15, -0.1) is 0 Å². The molecule has 0 saturated heterocycles. The summed E-state index contributed by atoms with van der Waals surface area (Å²) in [6.07, 6.45) is 1.05. The van der Waals surface area contributed by atoms with Gasteiger partial charge in [0.15, 0.2) is 12.2 Å². The topological polar surface area (TPSA) is 100 Å². The van der Waals surface area contributed by atoms with E-state index in [0.29, 0.717) is 5.75 Å². The number of hydrogen-bond donors (Lipinski definition) is 2. The molecule has 0 heterocycles. The lowest BCUT2D eigenvalue weighted by atomic mass is 10.3. The van der Waals surface area contributed by atoms with E-state index >= 15 is 0 Å². The van der Waals surface area contributed by atoms with Crippen molar-refractivity contribution in [2.24, 2.45) is 0 Å². The van der Waals surface area contributed by atoms with Crippen molar-refractivity contribution in [2.45, 2.75) is 6.92 Å². The van der Waals surface area contributed by atoms with Gasteiger partial charge in [0.05, 0.1) is 6.61 Å². The van der Waals surface area contributed by atoms with Gasteiger partial charge in [0.2, 0.25) is 0 Å². The molecule has 1 rings (SSSR count). The third-order valence-electron chi connectivity index (χ3n) is 2.23. The summed E-state index contributed by atoms with van der Waals surface area (Å²) in [6.45, 7) is 1.57. The van der Waals surface area contributed by atoms with Crippen molar-refractivity contribution in [1.29, 1.82) is 5.26 Å². The molecule has 1 amide bonds. The van der Waals surface area contributed by atoms with Crippen LogP contribution in [0.2, 0.25) is 0 Å². The Morgan fingerprint density at radius 2 is 2.05 bits per heavy atom. The summed E-state index contributed by atoms with van der Waals surface area (Å²) >= 11 is 3.29. The average Bonchev–Trinajstić information content (AvgIpc) is 2.51. The Morgan fingerprint density at radius 3 is 2.64 bits per heavy atom. The maximum atomic E-state index is 11.5. The first-order chi connectivity index (χ1) is 10.6. The maximum absolute atomic E-state index is 11.5. The highest BCUT2D eigenvalue weighted by molar-refractivity contribution is 9.10. The van der Waals surface area contributed by atoms with Crippen LogP contribution in [-0.2, 0) is 14.3 Å². The van der Waals surface area contributed by atoms with E-state index in [9.17, 15) is 9.59 Å². The summed E-state index contributed by atoms with van der Waals surface area (Å²) in [5.74, 6) is -0.698. The lowest BCUT2D eigenvalue weighted by Gasteiger charge is -2.07. The molecule has 0 fully saturated rings. The zero-order valence-corrected chi connectivity index (χ0v) is 13.3. The number of hydrazine groups is 1. The summed E-state index contributed by atoms with van der Waals surface area (Å²) < 4.78 is 10.8. The number of nitrogens with one attached hydrogen (secondary N) is 2. The van der Waals surface area contributed by atoms with Gasteiger partial charge in [0.25, 0.3) is 5.91 Å². The second-order valence-corrected chi connectivity index (χ2v) is 4.74. The summed E-state index contributed by atoms with van der Waals surface area (Å²) in [5.41, 5.74) is 4.36. The first-order valence-electron chi connectivity index (χ1n) is 6.27. The van der Waals surface area contributed by atoms with Crippen LogP contribution in [0.4, 0.5) is 0 Å². The van der Waals surface area contributed by atoms with Crippen LogP contribution in [0.3, 0.4) is 0 Å². The van der Waals surface area contributed by atoms with Crippen molar-refractivity contribution in [3.63, 3.8) is 0 Å². The molecule has 0 aliphatic carbocycles. The van der Waals surface area contributed by atoms with Gasteiger partial charge in [-0.05, 0) is 31.2 Å². The third-order valence-corrected chi connectivity index (χ3v) is 2.76. The van der Waals surface area contributed by atoms with E-state index in [1.165, 1.54) is 0 Å². The first kappa shape index (κ1) is 17.5. The molecular weight excluding hydrogens is 354 g/mol. The molecule has 0 unspecified atom stereocenters. The number of halogens is 1. The number of benzene rings is 1. The molecule has 7 nitrogen and oxygen atoms in total. The Kier molecular flexibility index (Phi) is 7.50. The van der Waals surface area contributed by atoms with E-state index in [1.54, 1.807) is 37.3 Å². The van der Waals surface area contributed by atoms with Gasteiger partial charge in [0.1, 0.15) is 11.8 Å². The molecule has 0 spiro atoms. The number of nitriles is 1. The van der Waals surface area contributed by atoms with E-state index in [1.807, 2.05) is 0 Å². The molecule has 0 atom stereocenters. The number of nitrogens with zero attached hydrogens (tertiary/aromatic N) is 1. The quantitative estimate of drug-likeness (QED) is 0.327. The number of esters is 1. The molecule has 1 aromatic rings. The van der Waals surface area contributed by atoms with E-state index in [0.717, 1.165) is 10.7 Å². The van der Waals surface area contributed by atoms with Gasteiger partial charge in [-0.2, -0.15) is 5.26 Å². The predicted octanol–water partition coefficient (Wildman–Crippen LogP) is 1.42. The average molecular weight is 368 g/mol. The van der Waals surface area contributed by atoms with Crippen LogP contribution in [0.5, 0.6) is 5.75 Å². The van der Waals surface area contributed by atoms with E-state index in [4.69, 9.17) is 10.00 Å². The molecule has 0 bridgehead atoms. The molecule has 2 N–H and O–H groups in total. The fraction of sp³-hybridized carbons (Fsp3) is 0.214. The Hall–Kier alpha value is -2.53. The molecule has 0 radical (unpaired) electrons. The van der Waals surface area contributed by atoms with Crippen molar-refractivity contribution in [3.8, 4) is 11.8 Å². The number of hydrogen-bond acceptors (Lipinski definition) is 6. The number of amides is 1. The van der Waals surface area contributed by atoms with Crippen molar-refractivity contribution >= 4 is 27.8 Å². The van der Waals surface area contributed by atoms with Crippen LogP contribution in [0.1, 0.15) is 6.92 Å². The summed E-state index contributed by atoms with van der Waals surface area (Å²) in [7, 11) is 0. The zero-order valence-electron chi connectivity index (χ0n) is 11.8. The lowest BCUT2D eigenvalue weighted by Crippen LogP contribution is -2.37. The smallest absolute Gasteiger partial charge is 0.350 e. The third kappa shape index (κ3) is 6.28. The fourth-order valence-corrected chi connectivity index (χ4v) is 1.51. The van der Waals surface area contributed by atoms with Gasteiger partial charge in [-0.25, -0.2) is 4.79 Å². The van der Waals surface area contributed by atoms with E-state index in [2.05, 4.69) is 31.5 Å². The van der Waals surface area contributed by atoms with Crippen LogP contribution in [0.25, 0.3) is 0 Å². The minimum Gasteiger partial charge on any atom is -0.484 e. The first-order valence-corrected chi connectivity index (χ1v) is 7.06. The van der Waals surface area contributed by atoms with Crippen LogP contribution in [0.15, 0.2) is 40.5 Å². The predicted molar refractivity (Wildman–Crippen MR) is 81.2 cm³/mol.